The van der Waals surface area contributed by atoms with Crippen molar-refractivity contribution in [2.75, 3.05) is 5.32 Å². The van der Waals surface area contributed by atoms with Gasteiger partial charge in [0.15, 0.2) is 0 Å². The van der Waals surface area contributed by atoms with Crippen LogP contribution in [0.25, 0.3) is 10.8 Å². The van der Waals surface area contributed by atoms with Gasteiger partial charge in [0.05, 0.1) is 33.0 Å². The van der Waals surface area contributed by atoms with Gasteiger partial charge in [-0.2, -0.15) is 5.10 Å². The number of hydrogen-bond donors (Lipinski definition) is 1. The molecule has 0 bridgehead atoms. The summed E-state index contributed by atoms with van der Waals surface area (Å²) in [5.41, 5.74) is 3.30. The van der Waals surface area contributed by atoms with E-state index in [9.17, 15) is 4.79 Å². The summed E-state index contributed by atoms with van der Waals surface area (Å²) in [5, 5.41) is 16.3. The van der Waals surface area contributed by atoms with Gasteiger partial charge in [-0.3, -0.25) is 9.48 Å². The fourth-order valence-electron chi connectivity index (χ4n) is 2.46. The largest absolute Gasteiger partial charge is 0.410 e. The van der Waals surface area contributed by atoms with Crippen molar-refractivity contribution >= 4 is 34.7 Å². The molecule has 0 aliphatic carbocycles. The van der Waals surface area contributed by atoms with E-state index in [1.807, 2.05) is 34.7 Å². The summed E-state index contributed by atoms with van der Waals surface area (Å²) in [4.78, 5) is 17.7. The van der Waals surface area contributed by atoms with Crippen LogP contribution >= 0.6 is 23.1 Å². The van der Waals surface area contributed by atoms with Crippen LogP contribution in [0.5, 0.6) is 0 Å². The summed E-state index contributed by atoms with van der Waals surface area (Å²) in [6.07, 6.45) is 0. The fourth-order valence-corrected chi connectivity index (χ4v) is 3.99. The first-order chi connectivity index (χ1) is 12.3. The highest BCUT2D eigenvalue weighted by molar-refractivity contribution is 8.00. The number of aryl methyl sites for hydroxylation is 4. The van der Waals surface area contributed by atoms with E-state index in [4.69, 9.17) is 4.42 Å². The Hall–Kier alpha value is -2.20. The lowest BCUT2D eigenvalue weighted by molar-refractivity contribution is -0.115. The predicted octanol–water partition coefficient (Wildman–Crippen LogP) is 3.28. The van der Waals surface area contributed by atoms with Crippen molar-refractivity contribution in [1.82, 2.24) is 25.0 Å². The lowest BCUT2D eigenvalue weighted by Crippen LogP contribution is -2.23. The molecule has 0 aliphatic rings. The van der Waals surface area contributed by atoms with Gasteiger partial charge in [-0.05, 0) is 34.6 Å². The molecule has 1 amide bonds. The molecule has 138 valence electrons. The SMILES string of the molecule is Cc1nc(C)c(-c2nnc(SC(C)C(=O)Nc3c(C)nn(C)c3C)o2)s1. The van der Waals surface area contributed by atoms with E-state index in [0.717, 1.165) is 32.7 Å². The number of thiazole rings is 1. The third-order valence-corrected chi connectivity index (χ3v) is 5.90. The van der Waals surface area contributed by atoms with Crippen LogP contribution in [0.1, 0.15) is 29.0 Å². The minimum absolute atomic E-state index is 0.140. The van der Waals surface area contributed by atoms with E-state index in [2.05, 4.69) is 25.6 Å². The molecular formula is C16H20N6O2S2. The average molecular weight is 393 g/mol. The van der Waals surface area contributed by atoms with Gasteiger partial charge in [-0.1, -0.05) is 11.8 Å². The maximum absolute atomic E-state index is 12.5. The maximum Gasteiger partial charge on any atom is 0.277 e. The third-order valence-electron chi connectivity index (χ3n) is 3.91. The van der Waals surface area contributed by atoms with Crippen LogP contribution in [0.15, 0.2) is 9.64 Å². The van der Waals surface area contributed by atoms with Gasteiger partial charge >= 0.3 is 0 Å². The summed E-state index contributed by atoms with van der Waals surface area (Å²) >= 11 is 2.73. The van der Waals surface area contributed by atoms with Gasteiger partial charge in [0.1, 0.15) is 4.88 Å². The number of amides is 1. The second kappa shape index (κ2) is 7.20. The molecule has 0 fully saturated rings. The molecular weight excluding hydrogens is 372 g/mol. The normalized spacial score (nSPS) is 12.4. The molecule has 26 heavy (non-hydrogen) atoms. The fraction of sp³-hybridized carbons (Fsp3) is 0.438. The van der Waals surface area contributed by atoms with Gasteiger partial charge in [-0.15, -0.1) is 21.5 Å². The zero-order chi connectivity index (χ0) is 19.0. The minimum atomic E-state index is -0.397. The Morgan fingerprint density at radius 3 is 2.54 bits per heavy atom. The van der Waals surface area contributed by atoms with Crippen LogP contribution in [-0.4, -0.2) is 36.1 Å². The van der Waals surface area contributed by atoms with Gasteiger partial charge < -0.3 is 9.73 Å². The molecule has 0 spiro atoms. The van der Waals surface area contributed by atoms with Crippen molar-refractivity contribution in [3.05, 3.63) is 22.1 Å². The number of carbonyl (C=O) groups is 1. The quantitative estimate of drug-likeness (QED) is 0.665. The molecule has 3 aromatic rings. The smallest absolute Gasteiger partial charge is 0.277 e. The van der Waals surface area contributed by atoms with Crippen LogP contribution in [0.3, 0.4) is 0 Å². The molecule has 0 saturated heterocycles. The Labute approximate surface area is 159 Å². The first-order valence-corrected chi connectivity index (χ1v) is 9.71. The number of hydrogen-bond acceptors (Lipinski definition) is 8. The molecule has 3 rings (SSSR count). The van der Waals surface area contributed by atoms with E-state index in [0.29, 0.717) is 11.1 Å². The Kier molecular flexibility index (Phi) is 5.15. The molecule has 3 aromatic heterocycles. The minimum Gasteiger partial charge on any atom is -0.410 e. The lowest BCUT2D eigenvalue weighted by Gasteiger charge is -2.10. The van der Waals surface area contributed by atoms with E-state index in [-0.39, 0.29) is 5.91 Å². The third kappa shape index (κ3) is 3.65. The summed E-state index contributed by atoms with van der Waals surface area (Å²) in [7, 11) is 1.85. The summed E-state index contributed by atoms with van der Waals surface area (Å²) in [5.74, 6) is 0.293. The highest BCUT2D eigenvalue weighted by atomic mass is 32.2. The van der Waals surface area contributed by atoms with Gasteiger partial charge in [0, 0.05) is 7.05 Å². The Bertz CT molecular complexity index is 958. The summed E-state index contributed by atoms with van der Waals surface area (Å²) in [6, 6.07) is 0. The van der Waals surface area contributed by atoms with Crippen molar-refractivity contribution in [3.63, 3.8) is 0 Å². The predicted molar refractivity (Wildman–Crippen MR) is 102 cm³/mol. The Morgan fingerprint density at radius 2 is 1.96 bits per heavy atom. The lowest BCUT2D eigenvalue weighted by atomic mass is 10.3. The first-order valence-electron chi connectivity index (χ1n) is 8.02. The zero-order valence-electron chi connectivity index (χ0n) is 15.4. The molecule has 0 saturated carbocycles. The number of carbonyl (C=O) groups excluding carboxylic acids is 1. The van der Waals surface area contributed by atoms with Crippen molar-refractivity contribution < 1.29 is 9.21 Å². The molecule has 1 atom stereocenters. The second-order valence-electron chi connectivity index (χ2n) is 5.94. The van der Waals surface area contributed by atoms with Crippen molar-refractivity contribution in [2.24, 2.45) is 7.05 Å². The van der Waals surface area contributed by atoms with E-state index < -0.39 is 5.25 Å². The first kappa shape index (κ1) is 18.6. The van der Waals surface area contributed by atoms with Crippen LogP contribution in [0.4, 0.5) is 5.69 Å². The van der Waals surface area contributed by atoms with Crippen LogP contribution in [0.2, 0.25) is 0 Å². The van der Waals surface area contributed by atoms with Crippen molar-refractivity contribution in [1.29, 1.82) is 0 Å². The average Bonchev–Trinajstić information content (AvgIpc) is 3.22. The topological polar surface area (TPSA) is 98.7 Å². The zero-order valence-corrected chi connectivity index (χ0v) is 17.1. The Balaban J connectivity index is 1.69. The standard InChI is InChI=1S/C16H20N6O2S2/c1-7-12(9(3)22(6)21-7)18-14(23)10(4)25-16-20-19-15(24-16)13-8(2)17-11(5)26-13/h10H,1-6H3,(H,18,23). The molecule has 1 N–H and O–H groups in total. The number of anilines is 1. The summed E-state index contributed by atoms with van der Waals surface area (Å²) < 4.78 is 7.44. The van der Waals surface area contributed by atoms with Gasteiger partial charge in [0.2, 0.25) is 5.91 Å². The number of nitrogens with one attached hydrogen (secondary N) is 1. The molecule has 0 aliphatic heterocycles. The van der Waals surface area contributed by atoms with E-state index in [1.54, 1.807) is 11.6 Å². The number of nitrogens with zero attached hydrogens (tertiary/aromatic N) is 5. The maximum atomic E-state index is 12.5. The monoisotopic (exact) mass is 392 g/mol. The molecule has 0 radical (unpaired) electrons. The molecule has 1 unspecified atom stereocenters. The number of thioether (sulfide) groups is 1. The van der Waals surface area contributed by atoms with Gasteiger partial charge in [-0.25, -0.2) is 4.98 Å². The van der Waals surface area contributed by atoms with Crippen LogP contribution < -0.4 is 5.32 Å². The van der Waals surface area contributed by atoms with E-state index in [1.165, 1.54) is 23.1 Å². The Morgan fingerprint density at radius 1 is 1.23 bits per heavy atom. The highest BCUT2D eigenvalue weighted by Gasteiger charge is 2.22. The second-order valence-corrected chi connectivity index (χ2v) is 8.43. The molecule has 3 heterocycles. The van der Waals surface area contributed by atoms with E-state index >= 15 is 0 Å². The van der Waals surface area contributed by atoms with Crippen molar-refractivity contribution in [2.45, 2.75) is 45.1 Å². The summed E-state index contributed by atoms with van der Waals surface area (Å²) in [6.45, 7) is 9.42. The molecule has 10 heteroatoms. The number of rotatable bonds is 5. The number of aromatic nitrogens is 5. The van der Waals surface area contributed by atoms with Crippen LogP contribution in [-0.2, 0) is 11.8 Å². The van der Waals surface area contributed by atoms with Crippen LogP contribution in [0, 0.1) is 27.7 Å². The molecule has 0 aromatic carbocycles. The highest BCUT2D eigenvalue weighted by Crippen LogP contribution is 2.32. The van der Waals surface area contributed by atoms with Gasteiger partial charge in [0.25, 0.3) is 11.1 Å². The van der Waals surface area contributed by atoms with Crippen molar-refractivity contribution in [3.8, 4) is 10.8 Å². The molecule has 8 nitrogen and oxygen atoms in total.